The Hall–Kier alpha value is -1.55. The van der Waals surface area contributed by atoms with Crippen molar-refractivity contribution >= 4 is 5.91 Å². The van der Waals surface area contributed by atoms with Gasteiger partial charge in [0.25, 0.3) is 5.91 Å². The molecule has 15 heavy (non-hydrogen) atoms. The van der Waals surface area contributed by atoms with E-state index < -0.39 is 0 Å². The van der Waals surface area contributed by atoms with Gasteiger partial charge >= 0.3 is 0 Å². The molecule has 4 heteroatoms. The number of amides is 1. The van der Waals surface area contributed by atoms with Crippen LogP contribution in [0.5, 0.6) is 5.75 Å². The Bertz CT molecular complexity index is 359. The van der Waals surface area contributed by atoms with Crippen molar-refractivity contribution in [2.75, 3.05) is 13.1 Å². The molecule has 1 aliphatic rings. The quantitative estimate of drug-likeness (QED) is 0.659. The van der Waals surface area contributed by atoms with E-state index in [4.69, 9.17) is 0 Å². The lowest BCUT2D eigenvalue weighted by Gasteiger charge is -2.11. The van der Waals surface area contributed by atoms with Crippen LogP contribution in [-0.4, -0.2) is 30.1 Å². The zero-order valence-corrected chi connectivity index (χ0v) is 8.36. The van der Waals surface area contributed by atoms with Crippen molar-refractivity contribution in [2.45, 2.75) is 12.5 Å². The van der Waals surface area contributed by atoms with Crippen LogP contribution in [0.25, 0.3) is 0 Å². The molecule has 1 aromatic carbocycles. The molecule has 0 spiro atoms. The number of carbonyl (C=O) groups is 1. The third kappa shape index (κ3) is 2.27. The second-order valence-electron chi connectivity index (χ2n) is 3.68. The number of hydrogen-bond acceptors (Lipinski definition) is 3. The van der Waals surface area contributed by atoms with Crippen molar-refractivity contribution < 1.29 is 9.90 Å². The van der Waals surface area contributed by atoms with Crippen molar-refractivity contribution in [3.8, 4) is 5.75 Å². The van der Waals surface area contributed by atoms with Crippen LogP contribution >= 0.6 is 0 Å². The number of phenolic OH excluding ortho intramolecular Hbond substituents is 1. The van der Waals surface area contributed by atoms with E-state index in [1.807, 2.05) is 0 Å². The van der Waals surface area contributed by atoms with Crippen molar-refractivity contribution in [1.82, 2.24) is 10.6 Å². The standard InChI is InChI=1S/C11H14N2O2/c14-10-4-2-1-3-9(10)11(15)13-8-5-6-12-7-8/h1-4,8,12,14H,5-7H2,(H,13,15)/t8-/m1/s1. The summed E-state index contributed by atoms with van der Waals surface area (Å²) in [5.74, 6) is -0.178. The summed E-state index contributed by atoms with van der Waals surface area (Å²) in [4.78, 5) is 11.7. The van der Waals surface area contributed by atoms with E-state index in [0.29, 0.717) is 5.56 Å². The predicted octanol–water partition coefficient (Wildman–Crippen LogP) is 0.484. The molecule has 1 heterocycles. The van der Waals surface area contributed by atoms with Gasteiger partial charge in [0.05, 0.1) is 5.56 Å². The minimum Gasteiger partial charge on any atom is -0.507 e. The largest absolute Gasteiger partial charge is 0.507 e. The molecule has 1 aromatic rings. The highest BCUT2D eigenvalue weighted by Gasteiger charge is 2.18. The first-order valence-corrected chi connectivity index (χ1v) is 5.07. The zero-order chi connectivity index (χ0) is 10.7. The molecule has 1 atom stereocenters. The molecule has 0 aliphatic carbocycles. The number of phenols is 1. The van der Waals surface area contributed by atoms with Gasteiger partial charge in [0.15, 0.2) is 0 Å². The van der Waals surface area contributed by atoms with Gasteiger partial charge in [-0.05, 0) is 25.1 Å². The highest BCUT2D eigenvalue weighted by molar-refractivity contribution is 5.96. The number of para-hydroxylation sites is 1. The van der Waals surface area contributed by atoms with Gasteiger partial charge in [0, 0.05) is 12.6 Å². The van der Waals surface area contributed by atoms with Gasteiger partial charge < -0.3 is 15.7 Å². The predicted molar refractivity (Wildman–Crippen MR) is 56.8 cm³/mol. The minimum absolute atomic E-state index is 0.0287. The molecule has 0 bridgehead atoms. The summed E-state index contributed by atoms with van der Waals surface area (Å²) in [6, 6.07) is 6.75. The fraction of sp³-hybridized carbons (Fsp3) is 0.364. The zero-order valence-electron chi connectivity index (χ0n) is 8.36. The smallest absolute Gasteiger partial charge is 0.255 e. The van der Waals surface area contributed by atoms with Crippen LogP contribution in [0.15, 0.2) is 24.3 Å². The number of benzene rings is 1. The van der Waals surface area contributed by atoms with Crippen molar-refractivity contribution in [3.05, 3.63) is 29.8 Å². The summed E-state index contributed by atoms with van der Waals surface area (Å²) in [5, 5.41) is 15.5. The first kappa shape index (κ1) is 9.98. The number of hydrogen-bond donors (Lipinski definition) is 3. The molecule has 0 aromatic heterocycles. The van der Waals surface area contributed by atoms with Crippen molar-refractivity contribution in [3.63, 3.8) is 0 Å². The van der Waals surface area contributed by atoms with Crippen LogP contribution in [0.2, 0.25) is 0 Å². The lowest BCUT2D eigenvalue weighted by atomic mass is 10.1. The SMILES string of the molecule is O=C(N[C@@H]1CCNC1)c1ccccc1O. The average molecular weight is 206 g/mol. The Balaban J connectivity index is 2.04. The van der Waals surface area contributed by atoms with Crippen LogP contribution in [0, 0.1) is 0 Å². The van der Waals surface area contributed by atoms with Crippen LogP contribution < -0.4 is 10.6 Å². The van der Waals surface area contributed by atoms with Gasteiger partial charge in [0.2, 0.25) is 0 Å². The second kappa shape index (κ2) is 4.31. The van der Waals surface area contributed by atoms with Crippen LogP contribution in [0.4, 0.5) is 0 Å². The fourth-order valence-corrected chi connectivity index (χ4v) is 1.71. The first-order valence-electron chi connectivity index (χ1n) is 5.07. The Kier molecular flexibility index (Phi) is 2.87. The normalized spacial score (nSPS) is 20.1. The highest BCUT2D eigenvalue weighted by atomic mass is 16.3. The molecule has 0 saturated carbocycles. The van der Waals surface area contributed by atoms with E-state index in [-0.39, 0.29) is 17.7 Å². The molecule has 0 radical (unpaired) electrons. The van der Waals surface area contributed by atoms with Gasteiger partial charge in [-0.1, -0.05) is 12.1 Å². The van der Waals surface area contributed by atoms with Crippen molar-refractivity contribution in [1.29, 1.82) is 0 Å². The number of aromatic hydroxyl groups is 1. The molecule has 1 aliphatic heterocycles. The molecule has 1 amide bonds. The third-order valence-electron chi connectivity index (χ3n) is 2.54. The van der Waals surface area contributed by atoms with E-state index in [2.05, 4.69) is 10.6 Å². The Morgan fingerprint density at radius 2 is 2.27 bits per heavy atom. The van der Waals surface area contributed by atoms with Crippen LogP contribution in [-0.2, 0) is 0 Å². The molecule has 0 unspecified atom stereocenters. The summed E-state index contributed by atoms with van der Waals surface area (Å²) in [7, 11) is 0. The molecule has 2 rings (SSSR count). The molecule has 80 valence electrons. The van der Waals surface area contributed by atoms with Gasteiger partial charge in [-0.3, -0.25) is 4.79 Å². The molecule has 4 nitrogen and oxygen atoms in total. The summed E-state index contributed by atoms with van der Waals surface area (Å²) in [6.07, 6.45) is 0.944. The second-order valence-corrected chi connectivity index (χ2v) is 3.68. The summed E-state index contributed by atoms with van der Waals surface area (Å²) in [5.41, 5.74) is 0.337. The highest BCUT2D eigenvalue weighted by Crippen LogP contribution is 2.15. The summed E-state index contributed by atoms with van der Waals surface area (Å²) < 4.78 is 0. The summed E-state index contributed by atoms with van der Waals surface area (Å²) in [6.45, 7) is 1.74. The number of nitrogens with one attached hydrogen (secondary N) is 2. The van der Waals surface area contributed by atoms with E-state index in [0.717, 1.165) is 19.5 Å². The molecule has 1 fully saturated rings. The lowest BCUT2D eigenvalue weighted by molar-refractivity contribution is 0.0937. The lowest BCUT2D eigenvalue weighted by Crippen LogP contribution is -2.36. The Morgan fingerprint density at radius 3 is 2.93 bits per heavy atom. The average Bonchev–Trinajstić information content (AvgIpc) is 2.71. The monoisotopic (exact) mass is 206 g/mol. The van der Waals surface area contributed by atoms with E-state index in [1.54, 1.807) is 18.2 Å². The van der Waals surface area contributed by atoms with E-state index in [1.165, 1.54) is 6.07 Å². The number of rotatable bonds is 2. The van der Waals surface area contributed by atoms with Crippen LogP contribution in [0.3, 0.4) is 0 Å². The number of carbonyl (C=O) groups excluding carboxylic acids is 1. The molecule has 1 saturated heterocycles. The van der Waals surface area contributed by atoms with Gasteiger partial charge in [-0.2, -0.15) is 0 Å². The van der Waals surface area contributed by atoms with E-state index in [9.17, 15) is 9.90 Å². The molecular weight excluding hydrogens is 192 g/mol. The van der Waals surface area contributed by atoms with E-state index >= 15 is 0 Å². The van der Waals surface area contributed by atoms with Gasteiger partial charge in [0.1, 0.15) is 5.75 Å². The maximum Gasteiger partial charge on any atom is 0.255 e. The Morgan fingerprint density at radius 1 is 1.47 bits per heavy atom. The maximum absolute atomic E-state index is 11.7. The molecular formula is C11H14N2O2. The van der Waals surface area contributed by atoms with Gasteiger partial charge in [-0.15, -0.1) is 0 Å². The van der Waals surface area contributed by atoms with Gasteiger partial charge in [-0.25, -0.2) is 0 Å². The topological polar surface area (TPSA) is 61.4 Å². The van der Waals surface area contributed by atoms with Crippen molar-refractivity contribution in [2.24, 2.45) is 0 Å². The third-order valence-corrected chi connectivity index (χ3v) is 2.54. The Labute approximate surface area is 88.3 Å². The summed E-state index contributed by atoms with van der Waals surface area (Å²) >= 11 is 0. The maximum atomic E-state index is 11.7. The molecule has 3 N–H and O–H groups in total. The van der Waals surface area contributed by atoms with Crippen LogP contribution in [0.1, 0.15) is 16.8 Å². The minimum atomic E-state index is -0.207. The fourth-order valence-electron chi connectivity index (χ4n) is 1.71. The first-order chi connectivity index (χ1) is 7.27.